The number of amides is 2. The van der Waals surface area contributed by atoms with Crippen LogP contribution in [0.1, 0.15) is 0 Å². The summed E-state index contributed by atoms with van der Waals surface area (Å²) in [6, 6.07) is 4.18. The van der Waals surface area contributed by atoms with E-state index in [9.17, 15) is 4.79 Å². The summed E-state index contributed by atoms with van der Waals surface area (Å²) in [5.41, 5.74) is -1.02. The van der Waals surface area contributed by atoms with Crippen LogP contribution in [0.3, 0.4) is 0 Å². The Bertz CT molecular complexity index is 481. The molecule has 1 aromatic carbocycles. The molecule has 0 radical (unpaired) electrons. The van der Waals surface area contributed by atoms with Crippen molar-refractivity contribution in [2.75, 3.05) is 31.9 Å². The average Bonchev–Trinajstić information content (AvgIpc) is 2.92. The third kappa shape index (κ3) is 2.93. The highest BCUT2D eigenvalue weighted by Crippen LogP contribution is 2.34. The van der Waals surface area contributed by atoms with Crippen LogP contribution in [0.5, 0.6) is 11.5 Å². The van der Waals surface area contributed by atoms with E-state index in [0.717, 1.165) is 0 Å². The van der Waals surface area contributed by atoms with Crippen LogP contribution < -0.4 is 20.1 Å². The topological polar surface area (TPSA) is 120 Å². The molecule has 0 unspecified atom stereocenters. The normalized spacial score (nSPS) is 13.2. The molecule has 0 saturated heterocycles. The number of ether oxygens (including phenoxy) is 2. The Kier molecular flexibility index (Phi) is 4.28. The molecule has 0 spiro atoms. The van der Waals surface area contributed by atoms with Crippen LogP contribution in [-0.2, 0) is 0 Å². The van der Waals surface area contributed by atoms with Crippen LogP contribution >= 0.6 is 0 Å². The van der Waals surface area contributed by atoms with Crippen LogP contribution in [0, 0.1) is 0 Å². The molecule has 0 bridgehead atoms. The Balaban J connectivity index is 2.01. The molecule has 0 fully saturated rings. The highest BCUT2D eigenvalue weighted by atomic mass is 16.7. The van der Waals surface area contributed by atoms with Crippen LogP contribution in [0.25, 0.3) is 0 Å². The maximum atomic E-state index is 11.8. The molecule has 110 valence electrons. The second-order valence-corrected chi connectivity index (χ2v) is 4.40. The summed E-state index contributed by atoms with van der Waals surface area (Å²) in [6.07, 6.45) is 0. The molecular formula is C12H16N2O6. The van der Waals surface area contributed by atoms with Crippen molar-refractivity contribution >= 4 is 11.7 Å². The van der Waals surface area contributed by atoms with Crippen LogP contribution in [0.4, 0.5) is 10.5 Å². The molecule has 8 nitrogen and oxygen atoms in total. The molecule has 0 saturated carbocycles. The zero-order valence-corrected chi connectivity index (χ0v) is 10.6. The number of fused-ring (bicyclic) bond motifs is 1. The van der Waals surface area contributed by atoms with Gasteiger partial charge in [-0.3, -0.25) is 0 Å². The number of aliphatic hydroxyl groups excluding tert-OH is 3. The molecule has 20 heavy (non-hydrogen) atoms. The fourth-order valence-corrected chi connectivity index (χ4v) is 1.65. The third-order valence-electron chi connectivity index (χ3n) is 2.92. The second kappa shape index (κ2) is 5.95. The van der Waals surface area contributed by atoms with E-state index in [-0.39, 0.29) is 6.79 Å². The molecular weight excluding hydrogens is 268 g/mol. The van der Waals surface area contributed by atoms with Crippen molar-refractivity contribution in [1.82, 2.24) is 5.32 Å². The number of urea groups is 1. The maximum Gasteiger partial charge on any atom is 0.319 e. The molecule has 1 aliphatic heterocycles. The predicted octanol–water partition coefficient (Wildman–Crippen LogP) is -0.748. The highest BCUT2D eigenvalue weighted by Gasteiger charge is 2.30. The van der Waals surface area contributed by atoms with E-state index in [4.69, 9.17) is 24.8 Å². The van der Waals surface area contributed by atoms with E-state index in [2.05, 4.69) is 10.6 Å². The number of aliphatic hydroxyl groups is 3. The number of carbonyl (C=O) groups excluding carboxylic acids is 1. The summed E-state index contributed by atoms with van der Waals surface area (Å²) in [4.78, 5) is 11.8. The Hall–Kier alpha value is -2.03. The Morgan fingerprint density at radius 1 is 1.15 bits per heavy atom. The van der Waals surface area contributed by atoms with Gasteiger partial charge in [0.1, 0.15) is 5.54 Å². The van der Waals surface area contributed by atoms with Crippen molar-refractivity contribution in [1.29, 1.82) is 0 Å². The lowest BCUT2D eigenvalue weighted by atomic mass is 10.0. The van der Waals surface area contributed by atoms with Crippen LogP contribution in [0.15, 0.2) is 18.2 Å². The standard InChI is InChI=1S/C12H16N2O6/c15-4-12(5-16,6-17)14-11(18)13-8-1-2-9-10(3-8)20-7-19-9/h1-3,15-17H,4-7H2,(H2,13,14,18). The van der Waals surface area contributed by atoms with E-state index < -0.39 is 31.4 Å². The lowest BCUT2D eigenvalue weighted by Crippen LogP contribution is -2.58. The van der Waals surface area contributed by atoms with Gasteiger partial charge < -0.3 is 35.4 Å². The maximum absolute atomic E-state index is 11.8. The molecule has 0 aliphatic carbocycles. The average molecular weight is 284 g/mol. The van der Waals surface area contributed by atoms with E-state index in [0.29, 0.717) is 17.2 Å². The van der Waals surface area contributed by atoms with Gasteiger partial charge in [-0.15, -0.1) is 0 Å². The van der Waals surface area contributed by atoms with Crippen molar-refractivity contribution in [3.63, 3.8) is 0 Å². The van der Waals surface area contributed by atoms with Gasteiger partial charge in [0.25, 0.3) is 0 Å². The predicted molar refractivity (Wildman–Crippen MR) is 68.7 cm³/mol. The summed E-state index contributed by atoms with van der Waals surface area (Å²) >= 11 is 0. The van der Waals surface area contributed by atoms with Gasteiger partial charge in [0.05, 0.1) is 19.8 Å². The first-order valence-electron chi connectivity index (χ1n) is 5.94. The minimum Gasteiger partial charge on any atom is -0.454 e. The molecule has 8 heteroatoms. The minimum atomic E-state index is -1.47. The fourth-order valence-electron chi connectivity index (χ4n) is 1.65. The highest BCUT2D eigenvalue weighted by molar-refractivity contribution is 5.90. The Morgan fingerprint density at radius 2 is 1.80 bits per heavy atom. The van der Waals surface area contributed by atoms with Gasteiger partial charge in [0, 0.05) is 11.8 Å². The summed E-state index contributed by atoms with van der Waals surface area (Å²) < 4.78 is 10.3. The largest absolute Gasteiger partial charge is 0.454 e. The molecule has 1 heterocycles. The van der Waals surface area contributed by atoms with Crippen LogP contribution in [0.2, 0.25) is 0 Å². The first kappa shape index (κ1) is 14.4. The molecule has 5 N–H and O–H groups in total. The van der Waals surface area contributed by atoms with Gasteiger partial charge in [-0.25, -0.2) is 4.79 Å². The summed E-state index contributed by atoms with van der Waals surface area (Å²) in [7, 11) is 0. The number of rotatable bonds is 5. The summed E-state index contributed by atoms with van der Waals surface area (Å²) in [5, 5.41) is 32.2. The van der Waals surface area contributed by atoms with Gasteiger partial charge in [0.2, 0.25) is 6.79 Å². The number of hydrogen-bond acceptors (Lipinski definition) is 6. The van der Waals surface area contributed by atoms with Crippen molar-refractivity contribution in [3.8, 4) is 11.5 Å². The number of anilines is 1. The monoisotopic (exact) mass is 284 g/mol. The number of benzene rings is 1. The third-order valence-corrected chi connectivity index (χ3v) is 2.92. The Morgan fingerprint density at radius 3 is 2.45 bits per heavy atom. The second-order valence-electron chi connectivity index (χ2n) is 4.40. The van der Waals surface area contributed by atoms with E-state index in [1.54, 1.807) is 18.2 Å². The lowest BCUT2D eigenvalue weighted by Gasteiger charge is -2.28. The SMILES string of the molecule is O=C(Nc1ccc2c(c1)OCO2)NC(CO)(CO)CO. The smallest absolute Gasteiger partial charge is 0.319 e. The number of hydrogen-bond donors (Lipinski definition) is 5. The van der Waals surface area contributed by atoms with Gasteiger partial charge in [-0.05, 0) is 12.1 Å². The molecule has 2 rings (SSSR count). The summed E-state index contributed by atoms with van der Waals surface area (Å²) in [5.74, 6) is 1.10. The van der Waals surface area contributed by atoms with Crippen molar-refractivity contribution in [2.24, 2.45) is 0 Å². The van der Waals surface area contributed by atoms with Crippen molar-refractivity contribution in [2.45, 2.75) is 5.54 Å². The zero-order chi connectivity index (χ0) is 14.6. The van der Waals surface area contributed by atoms with E-state index in [1.807, 2.05) is 0 Å². The van der Waals surface area contributed by atoms with Crippen molar-refractivity contribution in [3.05, 3.63) is 18.2 Å². The summed E-state index contributed by atoms with van der Waals surface area (Å²) in [6.45, 7) is -1.63. The molecule has 0 atom stereocenters. The van der Waals surface area contributed by atoms with E-state index >= 15 is 0 Å². The zero-order valence-electron chi connectivity index (χ0n) is 10.6. The molecule has 0 aromatic heterocycles. The fraction of sp³-hybridized carbons (Fsp3) is 0.417. The van der Waals surface area contributed by atoms with Gasteiger partial charge in [-0.2, -0.15) is 0 Å². The quantitative estimate of drug-likeness (QED) is 0.485. The van der Waals surface area contributed by atoms with Crippen molar-refractivity contribution < 1.29 is 29.6 Å². The first-order chi connectivity index (χ1) is 9.62. The van der Waals surface area contributed by atoms with Gasteiger partial charge >= 0.3 is 6.03 Å². The van der Waals surface area contributed by atoms with Gasteiger partial charge in [-0.1, -0.05) is 0 Å². The van der Waals surface area contributed by atoms with Crippen LogP contribution in [-0.4, -0.2) is 53.5 Å². The lowest BCUT2D eigenvalue weighted by molar-refractivity contribution is 0.0507. The number of nitrogens with one attached hydrogen (secondary N) is 2. The molecule has 2 amide bonds. The first-order valence-corrected chi connectivity index (χ1v) is 5.94. The Labute approximate surface area is 114 Å². The minimum absolute atomic E-state index is 0.133. The van der Waals surface area contributed by atoms with Gasteiger partial charge in [0.15, 0.2) is 11.5 Å². The molecule has 1 aliphatic rings. The van der Waals surface area contributed by atoms with E-state index in [1.165, 1.54) is 0 Å². The molecule has 1 aromatic rings. The number of carbonyl (C=O) groups is 1.